The molecule has 0 saturated heterocycles. The Morgan fingerprint density at radius 1 is 0.464 bits per heavy atom. The summed E-state index contributed by atoms with van der Waals surface area (Å²) in [5, 5.41) is 9.63. The second-order valence-corrected chi connectivity index (χ2v) is 17.7. The van der Waals surface area contributed by atoms with Crippen molar-refractivity contribution in [1.29, 1.82) is 0 Å². The van der Waals surface area contributed by atoms with Crippen LogP contribution in [0.2, 0.25) is 0 Å². The normalized spacial score (nSPS) is 12.8. The van der Waals surface area contributed by atoms with Crippen LogP contribution in [0.4, 0.5) is 0 Å². The number of carboxylic acids is 1. The molecule has 1 N–H and O–H groups in total. The van der Waals surface area contributed by atoms with E-state index in [-0.39, 0.29) is 36.2 Å². The molecular formula is C48H94NO7+. The van der Waals surface area contributed by atoms with E-state index in [2.05, 4.69) is 13.8 Å². The zero-order valence-corrected chi connectivity index (χ0v) is 37.9. The van der Waals surface area contributed by atoms with Crippen LogP contribution in [0.25, 0.3) is 0 Å². The molecule has 0 rings (SSSR count). The van der Waals surface area contributed by atoms with Crippen LogP contribution in [-0.4, -0.2) is 80.6 Å². The first-order valence-corrected chi connectivity index (χ1v) is 24.1. The number of esters is 2. The van der Waals surface area contributed by atoms with Crippen molar-refractivity contribution < 1.29 is 38.2 Å². The second kappa shape index (κ2) is 40.1. The van der Waals surface area contributed by atoms with E-state index in [9.17, 15) is 19.5 Å². The number of rotatable bonds is 44. The molecule has 0 amide bonds. The zero-order valence-electron chi connectivity index (χ0n) is 37.9. The fourth-order valence-corrected chi connectivity index (χ4v) is 7.51. The minimum atomic E-state index is -0.870. The van der Waals surface area contributed by atoms with Crippen LogP contribution in [0, 0.1) is 0 Å². The number of carbonyl (C=O) groups is 3. The van der Waals surface area contributed by atoms with Gasteiger partial charge in [0, 0.05) is 19.3 Å². The van der Waals surface area contributed by atoms with E-state index < -0.39 is 18.1 Å². The van der Waals surface area contributed by atoms with Gasteiger partial charge in [0.05, 0.1) is 34.4 Å². The molecule has 0 fully saturated rings. The maximum atomic E-state index is 12.8. The highest BCUT2D eigenvalue weighted by Gasteiger charge is 2.31. The van der Waals surface area contributed by atoms with E-state index in [4.69, 9.17) is 14.2 Å². The molecule has 56 heavy (non-hydrogen) atoms. The summed E-state index contributed by atoms with van der Waals surface area (Å²) in [7, 11) is 5.54. The fraction of sp³-hybridized carbons (Fsp3) is 0.938. The Bertz CT molecular complexity index is 889. The summed E-state index contributed by atoms with van der Waals surface area (Å²) in [5.74, 6) is -1.44. The lowest BCUT2D eigenvalue weighted by Crippen LogP contribution is -2.50. The highest BCUT2D eigenvalue weighted by Crippen LogP contribution is 2.17. The molecule has 8 nitrogen and oxygen atoms in total. The number of carboxylic acid groups (broad SMARTS) is 1. The van der Waals surface area contributed by atoms with Crippen molar-refractivity contribution in [2.45, 2.75) is 251 Å². The van der Waals surface area contributed by atoms with Crippen LogP contribution < -0.4 is 0 Å². The van der Waals surface area contributed by atoms with E-state index in [0.29, 0.717) is 19.3 Å². The molecule has 0 aromatic rings. The first kappa shape index (κ1) is 54.3. The van der Waals surface area contributed by atoms with Gasteiger partial charge in [-0.1, -0.05) is 206 Å². The summed E-state index contributed by atoms with van der Waals surface area (Å²) in [6.07, 6.45) is 41.4. The van der Waals surface area contributed by atoms with Crippen LogP contribution >= 0.6 is 0 Å². The number of unbranched alkanes of at least 4 members (excludes halogenated alkanes) is 30. The summed E-state index contributed by atoms with van der Waals surface area (Å²) < 4.78 is 17.3. The van der Waals surface area contributed by atoms with E-state index in [1.165, 1.54) is 167 Å². The molecule has 0 aliphatic heterocycles. The Morgan fingerprint density at radius 2 is 0.786 bits per heavy atom. The standard InChI is InChI=1S/C48H93NO7/c1-6-8-10-12-14-16-18-20-22-23-24-25-27-29-31-33-35-37-39-47(51)56-44(42-54-41-40-45(48(52)53)49(3,4)5)43-55-46(50)38-36-34-32-30-28-26-21-19-17-15-13-11-9-7-2/h44-45H,6-43H2,1-5H3/p+1. The van der Waals surface area contributed by atoms with Crippen molar-refractivity contribution in [3.05, 3.63) is 0 Å². The Morgan fingerprint density at radius 3 is 1.11 bits per heavy atom. The maximum absolute atomic E-state index is 12.8. The SMILES string of the molecule is CCCCCCCCCCCCCCCCCCCCC(=O)OC(COCCC(C(=O)O)[N+](C)(C)C)COC(=O)CCCCCCCCCCCCCCCC. The largest absolute Gasteiger partial charge is 0.477 e. The summed E-state index contributed by atoms with van der Waals surface area (Å²) in [6.45, 7) is 4.78. The Balaban J connectivity index is 4.23. The molecule has 0 aromatic carbocycles. The van der Waals surface area contributed by atoms with Gasteiger partial charge in [-0.3, -0.25) is 9.59 Å². The molecule has 0 aliphatic rings. The van der Waals surface area contributed by atoms with Crippen molar-refractivity contribution in [2.75, 3.05) is 41.0 Å². The van der Waals surface area contributed by atoms with E-state index in [1.807, 2.05) is 21.1 Å². The van der Waals surface area contributed by atoms with Crippen molar-refractivity contribution in [3.8, 4) is 0 Å². The fourth-order valence-electron chi connectivity index (χ4n) is 7.51. The molecule has 0 bridgehead atoms. The molecule has 8 heteroatoms. The van der Waals surface area contributed by atoms with Crippen LogP contribution in [0.1, 0.15) is 239 Å². The van der Waals surface area contributed by atoms with E-state index >= 15 is 0 Å². The van der Waals surface area contributed by atoms with Crippen molar-refractivity contribution in [3.63, 3.8) is 0 Å². The predicted molar refractivity (Wildman–Crippen MR) is 234 cm³/mol. The van der Waals surface area contributed by atoms with Crippen LogP contribution in [0.3, 0.4) is 0 Å². The number of carbonyl (C=O) groups excluding carboxylic acids is 2. The summed E-state index contributed by atoms with van der Waals surface area (Å²) in [6, 6.07) is -0.608. The third kappa shape index (κ3) is 37.9. The minimum absolute atomic E-state index is 0.0417. The van der Waals surface area contributed by atoms with E-state index in [1.54, 1.807) is 0 Å². The minimum Gasteiger partial charge on any atom is -0.477 e. The van der Waals surface area contributed by atoms with Gasteiger partial charge < -0.3 is 23.8 Å². The van der Waals surface area contributed by atoms with Crippen molar-refractivity contribution >= 4 is 17.9 Å². The topological polar surface area (TPSA) is 99.1 Å². The summed E-state index contributed by atoms with van der Waals surface area (Å²) >= 11 is 0. The lowest BCUT2D eigenvalue weighted by Gasteiger charge is -2.31. The molecule has 332 valence electrons. The third-order valence-corrected chi connectivity index (χ3v) is 11.3. The van der Waals surface area contributed by atoms with Gasteiger partial charge in [0.15, 0.2) is 12.1 Å². The van der Waals surface area contributed by atoms with Crippen LogP contribution in [0.5, 0.6) is 0 Å². The second-order valence-electron chi connectivity index (χ2n) is 17.7. The quantitative estimate of drug-likeness (QED) is 0.0372. The summed E-state index contributed by atoms with van der Waals surface area (Å²) in [5.41, 5.74) is 0. The number of hydrogen-bond donors (Lipinski definition) is 1. The average Bonchev–Trinajstić information content (AvgIpc) is 3.15. The Kier molecular flexibility index (Phi) is 38.9. The highest BCUT2D eigenvalue weighted by atomic mass is 16.6. The third-order valence-electron chi connectivity index (χ3n) is 11.3. The molecule has 0 heterocycles. The van der Waals surface area contributed by atoms with Crippen LogP contribution in [0.15, 0.2) is 0 Å². The van der Waals surface area contributed by atoms with Gasteiger partial charge >= 0.3 is 17.9 Å². The van der Waals surface area contributed by atoms with Gasteiger partial charge in [0.25, 0.3) is 0 Å². The van der Waals surface area contributed by atoms with Crippen molar-refractivity contribution in [1.82, 2.24) is 0 Å². The first-order valence-electron chi connectivity index (χ1n) is 24.1. The molecule has 2 atom stereocenters. The molecule has 2 unspecified atom stereocenters. The number of nitrogens with zero attached hydrogens (tertiary/aromatic N) is 1. The van der Waals surface area contributed by atoms with Gasteiger partial charge in [-0.15, -0.1) is 0 Å². The van der Waals surface area contributed by atoms with Gasteiger partial charge in [0.2, 0.25) is 0 Å². The predicted octanol–water partition coefficient (Wildman–Crippen LogP) is 13.3. The first-order chi connectivity index (χ1) is 27.1. The smallest absolute Gasteiger partial charge is 0.362 e. The number of aliphatic carboxylic acids is 1. The van der Waals surface area contributed by atoms with Crippen LogP contribution in [-0.2, 0) is 28.6 Å². The maximum Gasteiger partial charge on any atom is 0.362 e. The van der Waals surface area contributed by atoms with Gasteiger partial charge in [0.1, 0.15) is 6.61 Å². The zero-order chi connectivity index (χ0) is 41.4. The van der Waals surface area contributed by atoms with Gasteiger partial charge in [-0.25, -0.2) is 4.79 Å². The van der Waals surface area contributed by atoms with Crippen molar-refractivity contribution in [2.24, 2.45) is 0 Å². The molecule has 0 spiro atoms. The molecule has 0 aliphatic carbocycles. The van der Waals surface area contributed by atoms with E-state index in [0.717, 1.165) is 38.5 Å². The highest BCUT2D eigenvalue weighted by molar-refractivity contribution is 5.72. The number of ether oxygens (including phenoxy) is 3. The molecule has 0 saturated carbocycles. The summed E-state index contributed by atoms with van der Waals surface area (Å²) in [4.78, 5) is 37.0. The molecule has 0 radical (unpaired) electrons. The lowest BCUT2D eigenvalue weighted by molar-refractivity contribution is -0.887. The Hall–Kier alpha value is -1.67. The average molecular weight is 797 g/mol. The lowest BCUT2D eigenvalue weighted by atomic mass is 10.0. The monoisotopic (exact) mass is 797 g/mol. The van der Waals surface area contributed by atoms with Gasteiger partial charge in [-0.2, -0.15) is 0 Å². The molecule has 0 aromatic heterocycles. The number of quaternary nitrogens is 1. The Labute approximate surface area is 346 Å². The number of hydrogen-bond acceptors (Lipinski definition) is 6. The number of likely N-dealkylation sites (N-methyl/N-ethyl adjacent to an activating group) is 1. The van der Waals surface area contributed by atoms with Gasteiger partial charge in [-0.05, 0) is 12.8 Å². The molecular weight excluding hydrogens is 703 g/mol.